The molecule has 0 heterocycles. The second kappa shape index (κ2) is 11.6. The fourth-order valence-corrected chi connectivity index (χ4v) is 7.90. The number of rotatable bonds is 11. The molecule has 0 N–H and O–H groups in total. The van der Waals surface area contributed by atoms with Crippen LogP contribution >= 0.6 is 15.2 Å². The predicted molar refractivity (Wildman–Crippen MR) is 132 cm³/mol. The SMILES string of the molecule is O=P(C[CH]([Ni])P(=O)(Oc1ccccc1)Oc1ccccc1)(Oc1ccccc1)Oc1ccccc1. The molecule has 0 spiro atoms. The van der Waals surface area contributed by atoms with Crippen molar-refractivity contribution >= 4 is 15.2 Å². The summed E-state index contributed by atoms with van der Waals surface area (Å²) in [6, 6.07) is 34.4. The van der Waals surface area contributed by atoms with Crippen LogP contribution in [0.15, 0.2) is 121 Å². The van der Waals surface area contributed by atoms with E-state index in [1.165, 1.54) is 0 Å². The quantitative estimate of drug-likeness (QED) is 0.141. The van der Waals surface area contributed by atoms with Crippen molar-refractivity contribution in [3.63, 3.8) is 0 Å². The molecular formula is C26H23NiO6P2. The van der Waals surface area contributed by atoms with Gasteiger partial charge in [-0.1, -0.05) is 0 Å². The molecule has 1 unspecified atom stereocenters. The molecule has 0 aliphatic heterocycles. The van der Waals surface area contributed by atoms with E-state index in [2.05, 4.69) is 0 Å². The van der Waals surface area contributed by atoms with Gasteiger partial charge in [-0.2, -0.15) is 0 Å². The summed E-state index contributed by atoms with van der Waals surface area (Å²) < 4.78 is 50.1. The minimum absolute atomic E-state index is 0.316. The molecular weight excluding hydrogens is 529 g/mol. The predicted octanol–water partition coefficient (Wildman–Crippen LogP) is 7.56. The standard InChI is InChI=1S/C26H23O6P2.Ni/c27-33(29-23-13-5-1-6-14-23,30-24-15-7-2-8-16-24)21-22-34(28,31-25-17-9-3-10-18-25)32-26-19-11-4-12-20-26;/h1-21H,22H2;. The molecule has 0 aliphatic rings. The monoisotopic (exact) mass is 551 g/mol. The van der Waals surface area contributed by atoms with Crippen molar-refractivity contribution in [1.82, 2.24) is 0 Å². The van der Waals surface area contributed by atoms with E-state index in [9.17, 15) is 9.13 Å². The first-order valence-corrected chi connectivity index (χ1v) is 14.6. The molecule has 35 heavy (non-hydrogen) atoms. The first kappa shape index (κ1) is 25.1. The molecule has 0 amide bonds. The number of hydrogen-bond acceptors (Lipinski definition) is 6. The van der Waals surface area contributed by atoms with Crippen molar-refractivity contribution in [1.29, 1.82) is 0 Å². The third-order valence-electron chi connectivity index (χ3n) is 4.61. The third-order valence-corrected chi connectivity index (χ3v) is 9.86. The fraction of sp³-hybridized carbons (Fsp3) is 0.0769. The van der Waals surface area contributed by atoms with Crippen LogP contribution in [0.4, 0.5) is 0 Å². The summed E-state index contributed by atoms with van der Waals surface area (Å²) >= 11 is 5.21. The van der Waals surface area contributed by atoms with E-state index in [0.29, 0.717) is 23.0 Å². The van der Waals surface area contributed by atoms with Crippen molar-refractivity contribution in [2.24, 2.45) is 0 Å². The molecule has 0 fully saturated rings. The summed E-state index contributed by atoms with van der Waals surface area (Å²) in [6.07, 6.45) is -0.381. The van der Waals surface area contributed by atoms with Crippen LogP contribution in [0.3, 0.4) is 0 Å². The van der Waals surface area contributed by atoms with Gasteiger partial charge in [0.25, 0.3) is 0 Å². The Labute approximate surface area is 212 Å². The average molecular weight is 552 g/mol. The zero-order chi connectivity index (χ0) is 24.6. The molecule has 0 aromatic heterocycles. The average Bonchev–Trinajstić information content (AvgIpc) is 2.86. The van der Waals surface area contributed by atoms with E-state index in [0.717, 1.165) is 0 Å². The maximum atomic E-state index is 14.1. The summed E-state index contributed by atoms with van der Waals surface area (Å²) in [4.78, 5) is 0. The normalized spacial score (nSPS) is 12.4. The number of para-hydroxylation sites is 4. The van der Waals surface area contributed by atoms with Crippen LogP contribution in [-0.2, 0) is 24.6 Å². The van der Waals surface area contributed by atoms with E-state index >= 15 is 0 Å². The molecule has 0 bridgehead atoms. The molecule has 4 aromatic carbocycles. The zero-order valence-electron chi connectivity index (χ0n) is 18.5. The van der Waals surface area contributed by atoms with Crippen LogP contribution in [0.2, 0.25) is 0 Å². The summed E-state index contributed by atoms with van der Waals surface area (Å²) in [5.41, 5.74) is 0. The Hall–Kier alpha value is -2.97. The Bertz CT molecular complexity index is 1200. The van der Waals surface area contributed by atoms with Crippen LogP contribution in [0.1, 0.15) is 0 Å². The van der Waals surface area contributed by atoms with Crippen LogP contribution in [0.5, 0.6) is 23.0 Å². The van der Waals surface area contributed by atoms with Crippen molar-refractivity contribution in [2.45, 2.75) is 4.63 Å². The number of benzene rings is 4. The van der Waals surface area contributed by atoms with E-state index in [4.69, 9.17) is 33.6 Å². The molecule has 6 nitrogen and oxygen atoms in total. The van der Waals surface area contributed by atoms with Gasteiger partial charge in [0.15, 0.2) is 0 Å². The zero-order valence-corrected chi connectivity index (χ0v) is 21.3. The second-order valence-electron chi connectivity index (χ2n) is 7.34. The summed E-state index contributed by atoms with van der Waals surface area (Å²) in [6.45, 7) is 0. The fourth-order valence-electron chi connectivity index (χ4n) is 3.03. The topological polar surface area (TPSA) is 71.1 Å². The Morgan fingerprint density at radius 3 is 1.11 bits per heavy atom. The molecule has 1 atom stereocenters. The van der Waals surface area contributed by atoms with Gasteiger partial charge in [-0.05, 0) is 0 Å². The van der Waals surface area contributed by atoms with Gasteiger partial charge in [-0.25, -0.2) is 0 Å². The summed E-state index contributed by atoms with van der Waals surface area (Å²) in [5.74, 6) is 1.30. The van der Waals surface area contributed by atoms with Gasteiger partial charge in [0.2, 0.25) is 0 Å². The van der Waals surface area contributed by atoms with Crippen LogP contribution < -0.4 is 18.1 Å². The van der Waals surface area contributed by atoms with Crippen molar-refractivity contribution in [2.75, 3.05) is 6.16 Å². The maximum absolute atomic E-state index is 14.1. The minimum atomic E-state index is -4.06. The van der Waals surface area contributed by atoms with Gasteiger partial charge in [0.1, 0.15) is 0 Å². The van der Waals surface area contributed by atoms with Gasteiger partial charge in [0, 0.05) is 0 Å². The summed E-state index contributed by atoms with van der Waals surface area (Å²) in [5, 5.41) is 0. The van der Waals surface area contributed by atoms with Gasteiger partial charge < -0.3 is 0 Å². The van der Waals surface area contributed by atoms with Gasteiger partial charge in [-0.3, -0.25) is 0 Å². The summed E-state index contributed by atoms with van der Waals surface area (Å²) in [7, 11) is -8.01. The first-order valence-electron chi connectivity index (χ1n) is 10.7. The molecule has 183 valence electrons. The third kappa shape index (κ3) is 7.26. The Balaban J connectivity index is 1.65. The molecule has 0 saturated carbocycles. The number of hydrogen-bond donors (Lipinski definition) is 0. The molecule has 0 saturated heterocycles. The first-order chi connectivity index (χ1) is 16.9. The van der Waals surface area contributed by atoms with E-state index in [-0.39, 0.29) is 6.16 Å². The van der Waals surface area contributed by atoms with Gasteiger partial charge in [0.05, 0.1) is 0 Å². The molecule has 0 aliphatic carbocycles. The van der Waals surface area contributed by atoms with E-state index in [1.807, 2.05) is 12.1 Å². The molecule has 9 heteroatoms. The van der Waals surface area contributed by atoms with Crippen LogP contribution in [0.25, 0.3) is 0 Å². The molecule has 4 aromatic rings. The van der Waals surface area contributed by atoms with E-state index < -0.39 is 19.8 Å². The van der Waals surface area contributed by atoms with Gasteiger partial charge >= 0.3 is 213 Å². The second-order valence-corrected chi connectivity index (χ2v) is 12.4. The Kier molecular flexibility index (Phi) is 8.36. The van der Waals surface area contributed by atoms with Crippen LogP contribution in [-0.4, -0.2) is 10.8 Å². The van der Waals surface area contributed by atoms with Crippen LogP contribution in [0, 0.1) is 0 Å². The molecule has 0 radical (unpaired) electrons. The van der Waals surface area contributed by atoms with Gasteiger partial charge in [-0.15, -0.1) is 0 Å². The Morgan fingerprint density at radius 1 is 0.514 bits per heavy atom. The van der Waals surface area contributed by atoms with Crippen molar-refractivity contribution in [3.8, 4) is 23.0 Å². The molecule has 4 rings (SSSR count). The van der Waals surface area contributed by atoms with Crippen molar-refractivity contribution in [3.05, 3.63) is 121 Å². The van der Waals surface area contributed by atoms with E-state index in [1.54, 1.807) is 109 Å². The Morgan fingerprint density at radius 2 is 0.800 bits per heavy atom. The van der Waals surface area contributed by atoms with Crippen molar-refractivity contribution < 1.29 is 42.7 Å².